The van der Waals surface area contributed by atoms with Crippen LogP contribution in [0.3, 0.4) is 0 Å². The van der Waals surface area contributed by atoms with Gasteiger partial charge in [-0.25, -0.2) is 9.59 Å². The Balaban J connectivity index is 1.47. The van der Waals surface area contributed by atoms with Crippen molar-refractivity contribution < 1.29 is 28.9 Å². The van der Waals surface area contributed by atoms with Crippen LogP contribution >= 0.6 is 0 Å². The number of alkyl carbamates (subject to hydrolysis) is 1. The smallest absolute Gasteiger partial charge is 0.408 e. The molecule has 0 bridgehead atoms. The quantitative estimate of drug-likeness (QED) is 0.496. The molecule has 0 saturated carbocycles. The largest absolute Gasteiger partial charge is 0.493 e. The highest BCUT2D eigenvalue weighted by atomic mass is 16.5. The monoisotopic (exact) mass is 435 g/mol. The number of rotatable bonds is 10. The van der Waals surface area contributed by atoms with Gasteiger partial charge in [-0.1, -0.05) is 66.7 Å². The van der Waals surface area contributed by atoms with Crippen LogP contribution in [0.5, 0.6) is 11.5 Å². The Morgan fingerprint density at radius 2 is 1.41 bits per heavy atom. The van der Waals surface area contributed by atoms with E-state index in [0.29, 0.717) is 18.1 Å². The first kappa shape index (κ1) is 22.7. The number of carboxylic acids is 1. The van der Waals surface area contributed by atoms with Crippen molar-refractivity contribution in [1.29, 1.82) is 0 Å². The molecule has 0 aliphatic rings. The lowest BCUT2D eigenvalue weighted by Gasteiger charge is -2.15. The summed E-state index contributed by atoms with van der Waals surface area (Å²) >= 11 is 0. The number of ether oxygens (including phenoxy) is 3. The number of carbonyl (C=O) groups is 2. The fourth-order valence-electron chi connectivity index (χ4n) is 3.01. The van der Waals surface area contributed by atoms with Crippen molar-refractivity contribution in [3.8, 4) is 11.5 Å². The number of methoxy groups -OCH3 is 1. The van der Waals surface area contributed by atoms with E-state index in [2.05, 4.69) is 5.32 Å². The summed E-state index contributed by atoms with van der Waals surface area (Å²) in [6.07, 6.45) is -0.608. The van der Waals surface area contributed by atoms with E-state index in [0.717, 1.165) is 16.7 Å². The molecule has 3 rings (SSSR count). The third-order valence-electron chi connectivity index (χ3n) is 4.73. The zero-order valence-electron chi connectivity index (χ0n) is 17.7. The SMILES string of the molecule is COc1ccccc1OCc1ccc(COC(=O)NC(Cc2ccccc2)C(=O)O)cc1. The summed E-state index contributed by atoms with van der Waals surface area (Å²) in [6, 6.07) is 22.8. The molecule has 0 aliphatic heterocycles. The zero-order valence-corrected chi connectivity index (χ0v) is 17.7. The molecule has 1 unspecified atom stereocenters. The number of carbonyl (C=O) groups excluding carboxylic acids is 1. The van der Waals surface area contributed by atoms with Crippen LogP contribution in [-0.2, 0) is 29.2 Å². The van der Waals surface area contributed by atoms with Crippen LogP contribution in [0.15, 0.2) is 78.9 Å². The van der Waals surface area contributed by atoms with Crippen LogP contribution in [0.4, 0.5) is 4.79 Å². The standard InChI is InChI=1S/C25H25NO6/c1-30-22-9-5-6-10-23(22)31-16-19-11-13-20(14-12-19)17-32-25(29)26-21(24(27)28)15-18-7-3-2-4-8-18/h2-14,21H,15-17H2,1H3,(H,26,29)(H,27,28). The lowest BCUT2D eigenvalue weighted by Crippen LogP contribution is -2.42. The van der Waals surface area contributed by atoms with Crippen molar-refractivity contribution in [1.82, 2.24) is 5.32 Å². The molecule has 32 heavy (non-hydrogen) atoms. The molecule has 1 amide bonds. The van der Waals surface area contributed by atoms with Gasteiger partial charge >= 0.3 is 12.1 Å². The van der Waals surface area contributed by atoms with Crippen molar-refractivity contribution in [3.63, 3.8) is 0 Å². The number of hydrogen-bond acceptors (Lipinski definition) is 5. The second-order valence-corrected chi connectivity index (χ2v) is 7.06. The fourth-order valence-corrected chi connectivity index (χ4v) is 3.01. The van der Waals surface area contributed by atoms with Crippen molar-refractivity contribution >= 4 is 12.1 Å². The molecule has 0 saturated heterocycles. The van der Waals surface area contributed by atoms with Gasteiger partial charge in [0.05, 0.1) is 7.11 Å². The molecule has 0 fully saturated rings. The van der Waals surface area contributed by atoms with Gasteiger partial charge in [-0.3, -0.25) is 0 Å². The van der Waals surface area contributed by atoms with Crippen LogP contribution < -0.4 is 14.8 Å². The minimum atomic E-state index is -1.12. The molecular weight excluding hydrogens is 410 g/mol. The van der Waals surface area contributed by atoms with E-state index in [4.69, 9.17) is 14.2 Å². The van der Waals surface area contributed by atoms with E-state index in [-0.39, 0.29) is 13.0 Å². The van der Waals surface area contributed by atoms with Crippen LogP contribution in [0.25, 0.3) is 0 Å². The summed E-state index contributed by atoms with van der Waals surface area (Å²) in [5.41, 5.74) is 2.53. The Kier molecular flexibility index (Phi) is 8.09. The highest BCUT2D eigenvalue weighted by Crippen LogP contribution is 2.26. The summed E-state index contributed by atoms with van der Waals surface area (Å²) in [5, 5.41) is 11.8. The molecule has 7 nitrogen and oxygen atoms in total. The zero-order chi connectivity index (χ0) is 22.8. The fraction of sp³-hybridized carbons (Fsp3) is 0.200. The maximum atomic E-state index is 12.1. The Bertz CT molecular complexity index is 1020. The average molecular weight is 435 g/mol. The number of nitrogens with one attached hydrogen (secondary N) is 1. The number of hydrogen-bond donors (Lipinski definition) is 2. The second kappa shape index (κ2) is 11.4. The molecule has 3 aromatic carbocycles. The minimum Gasteiger partial charge on any atom is -0.493 e. The van der Waals surface area contributed by atoms with E-state index >= 15 is 0 Å². The number of carboxylic acid groups (broad SMARTS) is 1. The molecule has 0 radical (unpaired) electrons. The molecule has 7 heteroatoms. The van der Waals surface area contributed by atoms with Crippen LogP contribution in [0.1, 0.15) is 16.7 Å². The van der Waals surface area contributed by atoms with Gasteiger partial charge in [0.15, 0.2) is 11.5 Å². The van der Waals surface area contributed by atoms with E-state index in [1.807, 2.05) is 78.9 Å². The van der Waals surface area contributed by atoms with E-state index < -0.39 is 18.1 Å². The topological polar surface area (TPSA) is 94.1 Å². The van der Waals surface area contributed by atoms with Gasteiger partial charge in [0.25, 0.3) is 0 Å². The van der Waals surface area contributed by atoms with Gasteiger partial charge < -0.3 is 24.6 Å². The molecule has 0 aromatic heterocycles. The predicted molar refractivity (Wildman–Crippen MR) is 119 cm³/mol. The van der Waals surface area contributed by atoms with Crippen LogP contribution in [0, 0.1) is 0 Å². The van der Waals surface area contributed by atoms with Gasteiger partial charge in [0, 0.05) is 6.42 Å². The van der Waals surface area contributed by atoms with Crippen molar-refractivity contribution in [2.75, 3.05) is 7.11 Å². The minimum absolute atomic E-state index is 0.0250. The highest BCUT2D eigenvalue weighted by Gasteiger charge is 2.21. The third kappa shape index (κ3) is 6.77. The van der Waals surface area contributed by atoms with Gasteiger partial charge in [0.1, 0.15) is 19.3 Å². The number of para-hydroxylation sites is 2. The maximum absolute atomic E-state index is 12.1. The van der Waals surface area contributed by atoms with Gasteiger partial charge in [-0.2, -0.15) is 0 Å². The van der Waals surface area contributed by atoms with Crippen molar-refractivity contribution in [3.05, 3.63) is 95.6 Å². The van der Waals surface area contributed by atoms with E-state index in [1.165, 1.54) is 0 Å². The van der Waals surface area contributed by atoms with E-state index in [1.54, 1.807) is 7.11 Å². The van der Waals surface area contributed by atoms with Gasteiger partial charge in [-0.15, -0.1) is 0 Å². The van der Waals surface area contributed by atoms with Crippen LogP contribution in [-0.4, -0.2) is 30.3 Å². The maximum Gasteiger partial charge on any atom is 0.408 e. The predicted octanol–water partition coefficient (Wildman–Crippen LogP) is 4.20. The highest BCUT2D eigenvalue weighted by molar-refractivity contribution is 5.80. The molecule has 2 N–H and O–H groups in total. The average Bonchev–Trinajstić information content (AvgIpc) is 2.82. The molecular formula is C25H25NO6. The van der Waals surface area contributed by atoms with Crippen molar-refractivity contribution in [2.24, 2.45) is 0 Å². The Morgan fingerprint density at radius 3 is 2.03 bits per heavy atom. The van der Waals surface area contributed by atoms with Crippen molar-refractivity contribution in [2.45, 2.75) is 25.7 Å². The second-order valence-electron chi connectivity index (χ2n) is 7.06. The molecule has 1 atom stereocenters. The first-order valence-corrected chi connectivity index (χ1v) is 10.1. The normalized spacial score (nSPS) is 11.3. The van der Waals surface area contributed by atoms with Gasteiger partial charge in [0.2, 0.25) is 0 Å². The number of aliphatic carboxylic acids is 1. The summed E-state index contributed by atoms with van der Waals surface area (Å²) in [5.74, 6) is 0.197. The summed E-state index contributed by atoms with van der Waals surface area (Å²) in [6.45, 7) is 0.388. The number of benzene rings is 3. The van der Waals surface area contributed by atoms with E-state index in [9.17, 15) is 14.7 Å². The summed E-state index contributed by atoms with van der Waals surface area (Å²) in [4.78, 5) is 23.5. The van der Waals surface area contributed by atoms with Gasteiger partial charge in [-0.05, 0) is 28.8 Å². The molecule has 166 valence electrons. The van der Waals surface area contributed by atoms with Crippen LogP contribution in [0.2, 0.25) is 0 Å². The molecule has 0 aliphatic carbocycles. The Labute approximate surface area is 186 Å². The third-order valence-corrected chi connectivity index (χ3v) is 4.73. The molecule has 3 aromatic rings. The molecule has 0 heterocycles. The Hall–Kier alpha value is -4.00. The summed E-state index contributed by atoms with van der Waals surface area (Å²) < 4.78 is 16.2. The molecule has 0 spiro atoms. The first-order chi connectivity index (χ1) is 15.5. The summed E-state index contributed by atoms with van der Waals surface area (Å²) in [7, 11) is 1.59. The Morgan fingerprint density at radius 1 is 0.812 bits per heavy atom. The number of amides is 1. The lowest BCUT2D eigenvalue weighted by molar-refractivity contribution is -0.139. The lowest BCUT2D eigenvalue weighted by atomic mass is 10.1. The first-order valence-electron chi connectivity index (χ1n) is 10.1.